The highest BCUT2D eigenvalue weighted by Crippen LogP contribution is 2.25. The molecule has 0 aliphatic heterocycles. The second-order valence-corrected chi connectivity index (χ2v) is 4.99. The summed E-state index contributed by atoms with van der Waals surface area (Å²) in [7, 11) is 0. The van der Waals surface area contributed by atoms with Crippen molar-refractivity contribution in [2.24, 2.45) is 0 Å². The summed E-state index contributed by atoms with van der Waals surface area (Å²) in [5.74, 6) is 0.765. The zero-order valence-electron chi connectivity index (χ0n) is 10.1. The molecule has 0 saturated heterocycles. The van der Waals surface area contributed by atoms with Crippen molar-refractivity contribution in [3.8, 4) is 10.6 Å². The van der Waals surface area contributed by atoms with Crippen LogP contribution in [0.2, 0.25) is 0 Å². The lowest BCUT2D eigenvalue weighted by Crippen LogP contribution is -2.00. The summed E-state index contributed by atoms with van der Waals surface area (Å²) in [6, 6.07) is 5.86. The van der Waals surface area contributed by atoms with E-state index in [1.165, 1.54) is 0 Å². The normalized spacial score (nSPS) is 11.0. The fraction of sp³-hybridized carbons (Fsp3) is 0.250. The second kappa shape index (κ2) is 5.33. The summed E-state index contributed by atoms with van der Waals surface area (Å²) in [4.78, 5) is 1.05. The number of thiophene rings is 1. The first kappa shape index (κ1) is 12.1. The molecule has 0 unspecified atom stereocenters. The number of rotatable bonds is 5. The van der Waals surface area contributed by atoms with Crippen molar-refractivity contribution in [1.29, 1.82) is 0 Å². The molecule has 0 fully saturated rings. The summed E-state index contributed by atoms with van der Waals surface area (Å²) < 4.78 is 6.98. The van der Waals surface area contributed by atoms with Crippen LogP contribution in [0, 0.1) is 0 Å². The summed E-state index contributed by atoms with van der Waals surface area (Å²) in [6.45, 7) is 0.582. The highest BCUT2D eigenvalue weighted by Gasteiger charge is 2.09. The van der Waals surface area contributed by atoms with Crippen molar-refractivity contribution >= 4 is 11.3 Å². The molecule has 0 aliphatic rings. The van der Waals surface area contributed by atoms with E-state index in [-0.39, 0.29) is 6.61 Å². The Morgan fingerprint density at radius 2 is 2.32 bits per heavy atom. The monoisotopic (exact) mass is 276 g/mol. The number of aliphatic hydroxyl groups is 1. The SMILES string of the molecule is OCCc1cn(Cc2cc(-c3cccs3)on2)nn1. The predicted molar refractivity (Wildman–Crippen MR) is 69.7 cm³/mol. The first-order valence-electron chi connectivity index (χ1n) is 5.84. The fourth-order valence-electron chi connectivity index (χ4n) is 1.73. The molecule has 0 bridgehead atoms. The zero-order valence-corrected chi connectivity index (χ0v) is 10.9. The Balaban J connectivity index is 1.72. The van der Waals surface area contributed by atoms with E-state index < -0.39 is 0 Å². The Hall–Kier alpha value is -1.99. The minimum absolute atomic E-state index is 0.0746. The van der Waals surface area contributed by atoms with Gasteiger partial charge >= 0.3 is 0 Å². The molecule has 3 aromatic heterocycles. The molecule has 0 atom stereocenters. The van der Waals surface area contributed by atoms with E-state index in [0.29, 0.717) is 13.0 Å². The van der Waals surface area contributed by atoms with Crippen molar-refractivity contribution in [3.05, 3.63) is 41.2 Å². The third-order valence-corrected chi connectivity index (χ3v) is 3.49. The van der Waals surface area contributed by atoms with Gasteiger partial charge < -0.3 is 9.63 Å². The largest absolute Gasteiger partial charge is 0.396 e. The van der Waals surface area contributed by atoms with E-state index in [4.69, 9.17) is 9.63 Å². The van der Waals surface area contributed by atoms with Gasteiger partial charge in [0.2, 0.25) is 0 Å². The van der Waals surface area contributed by atoms with Gasteiger partial charge in [0.1, 0.15) is 5.69 Å². The average Bonchev–Trinajstić information content (AvgIpc) is 3.10. The van der Waals surface area contributed by atoms with Crippen LogP contribution < -0.4 is 0 Å². The number of nitrogens with zero attached hydrogens (tertiary/aromatic N) is 4. The third kappa shape index (κ3) is 2.72. The highest BCUT2D eigenvalue weighted by atomic mass is 32.1. The molecule has 3 heterocycles. The second-order valence-electron chi connectivity index (χ2n) is 4.04. The van der Waals surface area contributed by atoms with E-state index in [0.717, 1.165) is 22.0 Å². The van der Waals surface area contributed by atoms with Gasteiger partial charge in [0.25, 0.3) is 0 Å². The Morgan fingerprint density at radius 1 is 1.37 bits per heavy atom. The van der Waals surface area contributed by atoms with E-state index in [1.807, 2.05) is 23.6 Å². The van der Waals surface area contributed by atoms with Crippen molar-refractivity contribution in [1.82, 2.24) is 20.2 Å². The molecular formula is C12H12N4O2S. The quantitative estimate of drug-likeness (QED) is 0.765. The first-order valence-corrected chi connectivity index (χ1v) is 6.72. The van der Waals surface area contributed by atoms with Crippen molar-refractivity contribution in [3.63, 3.8) is 0 Å². The number of aromatic nitrogens is 4. The van der Waals surface area contributed by atoms with Crippen LogP contribution in [-0.2, 0) is 13.0 Å². The Kier molecular flexibility index (Phi) is 3.39. The van der Waals surface area contributed by atoms with Gasteiger partial charge in [-0.05, 0) is 11.4 Å². The van der Waals surface area contributed by atoms with Gasteiger partial charge in [-0.25, -0.2) is 4.68 Å². The van der Waals surface area contributed by atoms with Gasteiger partial charge in [-0.2, -0.15) is 0 Å². The van der Waals surface area contributed by atoms with Gasteiger partial charge in [-0.3, -0.25) is 0 Å². The maximum absolute atomic E-state index is 8.82. The van der Waals surface area contributed by atoms with Crippen LogP contribution in [0.1, 0.15) is 11.4 Å². The van der Waals surface area contributed by atoms with Gasteiger partial charge in [0.05, 0.1) is 17.1 Å². The Morgan fingerprint density at radius 3 is 3.11 bits per heavy atom. The van der Waals surface area contributed by atoms with E-state index in [9.17, 15) is 0 Å². The molecular weight excluding hydrogens is 264 g/mol. The van der Waals surface area contributed by atoms with Gasteiger partial charge in [0, 0.05) is 25.3 Å². The molecule has 0 aromatic carbocycles. The van der Waals surface area contributed by atoms with Crippen molar-refractivity contribution in [2.75, 3.05) is 6.61 Å². The predicted octanol–water partition coefficient (Wildman–Crippen LogP) is 1.58. The maximum Gasteiger partial charge on any atom is 0.177 e. The van der Waals surface area contributed by atoms with Crippen LogP contribution in [0.25, 0.3) is 10.6 Å². The maximum atomic E-state index is 8.82. The van der Waals surface area contributed by atoms with Crippen molar-refractivity contribution < 1.29 is 9.63 Å². The molecule has 3 rings (SSSR count). The molecule has 0 amide bonds. The van der Waals surface area contributed by atoms with Crippen molar-refractivity contribution in [2.45, 2.75) is 13.0 Å². The lowest BCUT2D eigenvalue weighted by Gasteiger charge is -1.93. The fourth-order valence-corrected chi connectivity index (χ4v) is 2.41. The molecule has 0 aliphatic carbocycles. The average molecular weight is 276 g/mol. The van der Waals surface area contributed by atoms with Gasteiger partial charge in [-0.15, -0.1) is 16.4 Å². The van der Waals surface area contributed by atoms with Crippen LogP contribution in [0.3, 0.4) is 0 Å². The molecule has 6 nitrogen and oxygen atoms in total. The number of hydrogen-bond acceptors (Lipinski definition) is 6. The molecule has 3 aromatic rings. The smallest absolute Gasteiger partial charge is 0.177 e. The highest BCUT2D eigenvalue weighted by molar-refractivity contribution is 7.13. The molecule has 19 heavy (non-hydrogen) atoms. The summed E-state index contributed by atoms with van der Waals surface area (Å²) >= 11 is 1.61. The molecule has 0 saturated carbocycles. The summed E-state index contributed by atoms with van der Waals surface area (Å²) in [5, 5.41) is 22.8. The minimum Gasteiger partial charge on any atom is -0.396 e. The minimum atomic E-state index is 0.0746. The number of aliphatic hydroxyl groups excluding tert-OH is 1. The summed E-state index contributed by atoms with van der Waals surface area (Å²) in [5.41, 5.74) is 1.56. The third-order valence-electron chi connectivity index (χ3n) is 2.60. The zero-order chi connectivity index (χ0) is 13.1. The molecule has 1 N–H and O–H groups in total. The first-order chi connectivity index (χ1) is 9.35. The molecule has 0 spiro atoms. The van der Waals surface area contributed by atoms with Crippen LogP contribution in [-0.4, -0.2) is 31.9 Å². The standard InChI is InChI=1S/C12H12N4O2S/c17-4-3-9-7-16(15-13-9)8-10-6-11(18-14-10)12-2-1-5-19-12/h1-2,5-7,17H,3-4,8H2. The van der Waals surface area contributed by atoms with E-state index in [1.54, 1.807) is 22.2 Å². The van der Waals surface area contributed by atoms with Gasteiger partial charge in [-0.1, -0.05) is 16.4 Å². The molecule has 7 heteroatoms. The Labute approximate surface area is 113 Å². The summed E-state index contributed by atoms with van der Waals surface area (Å²) in [6.07, 6.45) is 2.31. The van der Waals surface area contributed by atoms with Crippen LogP contribution in [0.4, 0.5) is 0 Å². The molecule has 0 radical (unpaired) electrons. The lowest BCUT2D eigenvalue weighted by atomic mass is 10.3. The van der Waals surface area contributed by atoms with Crippen LogP contribution >= 0.6 is 11.3 Å². The van der Waals surface area contributed by atoms with Crippen LogP contribution in [0.15, 0.2) is 34.3 Å². The lowest BCUT2D eigenvalue weighted by molar-refractivity contribution is 0.298. The number of hydrogen-bond donors (Lipinski definition) is 1. The van der Waals surface area contributed by atoms with Crippen LogP contribution in [0.5, 0.6) is 0 Å². The Bertz CT molecular complexity index is 644. The van der Waals surface area contributed by atoms with E-state index >= 15 is 0 Å². The topological polar surface area (TPSA) is 77.0 Å². The van der Waals surface area contributed by atoms with Gasteiger partial charge in [0.15, 0.2) is 5.76 Å². The molecule has 98 valence electrons. The van der Waals surface area contributed by atoms with E-state index in [2.05, 4.69) is 15.5 Å².